The van der Waals surface area contributed by atoms with Gasteiger partial charge in [0.2, 0.25) is 5.91 Å². The number of nitrogens with one attached hydrogen (secondary N) is 1. The summed E-state index contributed by atoms with van der Waals surface area (Å²) in [5.74, 6) is -0.516. The molecule has 1 amide bonds. The maximum Gasteiger partial charge on any atom is 0.341 e. The molecule has 7 nitrogen and oxygen atoms in total. The van der Waals surface area contributed by atoms with Crippen LogP contribution in [0, 0.1) is 0 Å². The smallest absolute Gasteiger partial charge is 0.341 e. The predicted octanol–water partition coefficient (Wildman–Crippen LogP) is 3.05. The number of hydrogen-bond acceptors (Lipinski definition) is 7. The van der Waals surface area contributed by atoms with Crippen LogP contribution in [0.3, 0.4) is 0 Å². The Bertz CT molecular complexity index is 815. The summed E-state index contributed by atoms with van der Waals surface area (Å²) in [6, 6.07) is 0. The normalized spacial score (nSPS) is 14.6. The number of ether oxygens (including phenoxy) is 1. The highest BCUT2D eigenvalue weighted by molar-refractivity contribution is 8.00. The Morgan fingerprint density at radius 2 is 2.19 bits per heavy atom. The molecule has 9 heteroatoms. The van der Waals surface area contributed by atoms with E-state index in [0.717, 1.165) is 31.2 Å². The third-order valence-corrected chi connectivity index (χ3v) is 6.56. The first-order valence-corrected chi connectivity index (χ1v) is 10.3. The molecule has 2 aromatic heterocycles. The summed E-state index contributed by atoms with van der Waals surface area (Å²) in [5.41, 5.74) is 1.58. The topological polar surface area (TPSA) is 86.1 Å². The van der Waals surface area contributed by atoms with Crippen molar-refractivity contribution in [1.82, 2.24) is 14.8 Å². The van der Waals surface area contributed by atoms with E-state index in [-0.39, 0.29) is 17.1 Å². The molecule has 0 saturated heterocycles. The molecule has 2 aromatic rings. The van der Waals surface area contributed by atoms with Gasteiger partial charge in [0.05, 0.1) is 17.4 Å². The highest BCUT2D eigenvalue weighted by atomic mass is 32.2. The van der Waals surface area contributed by atoms with Crippen LogP contribution in [0.25, 0.3) is 0 Å². The summed E-state index contributed by atoms with van der Waals surface area (Å²) in [4.78, 5) is 26.3. The number of aromatic nitrogens is 3. The summed E-state index contributed by atoms with van der Waals surface area (Å²) in [6.07, 6.45) is 5.58. The van der Waals surface area contributed by atoms with Crippen LogP contribution in [0.1, 0.15) is 47.5 Å². The van der Waals surface area contributed by atoms with E-state index in [1.54, 1.807) is 17.8 Å². The van der Waals surface area contributed by atoms with Crippen LogP contribution in [-0.4, -0.2) is 38.5 Å². The number of anilines is 1. The van der Waals surface area contributed by atoms with Gasteiger partial charge in [0, 0.05) is 11.9 Å². The van der Waals surface area contributed by atoms with Crippen LogP contribution in [0.4, 0.5) is 5.00 Å². The minimum Gasteiger partial charge on any atom is -0.462 e. The Morgan fingerprint density at radius 1 is 1.42 bits per heavy atom. The van der Waals surface area contributed by atoms with E-state index >= 15 is 0 Å². The van der Waals surface area contributed by atoms with Gasteiger partial charge in [-0.3, -0.25) is 4.79 Å². The maximum atomic E-state index is 12.7. The Balaban J connectivity index is 1.80. The van der Waals surface area contributed by atoms with Crippen LogP contribution >= 0.6 is 23.1 Å². The van der Waals surface area contributed by atoms with Crippen molar-refractivity contribution < 1.29 is 14.3 Å². The van der Waals surface area contributed by atoms with E-state index in [4.69, 9.17) is 4.74 Å². The molecule has 1 aliphatic rings. The van der Waals surface area contributed by atoms with E-state index < -0.39 is 0 Å². The standard InChI is InChI=1S/C17H22N4O3S2/c1-4-24-16(23)13-11-7-5-6-8-12(11)26-15(13)19-14(22)10(2)25-17-20-18-9-21(17)3/h9-10H,4-8H2,1-3H3,(H,19,22)/t10-/m1/s1. The maximum absolute atomic E-state index is 12.7. The van der Waals surface area contributed by atoms with Gasteiger partial charge in [-0.25, -0.2) is 4.79 Å². The number of nitrogens with zero attached hydrogens (tertiary/aromatic N) is 3. The van der Waals surface area contributed by atoms with Gasteiger partial charge in [-0.15, -0.1) is 21.5 Å². The van der Waals surface area contributed by atoms with Gasteiger partial charge in [0.15, 0.2) is 5.16 Å². The number of rotatable bonds is 6. The summed E-state index contributed by atoms with van der Waals surface area (Å²) in [7, 11) is 1.83. The van der Waals surface area contributed by atoms with E-state index in [1.807, 2.05) is 14.0 Å². The molecule has 140 valence electrons. The summed E-state index contributed by atoms with van der Waals surface area (Å²) < 4.78 is 6.99. The van der Waals surface area contributed by atoms with Crippen LogP contribution in [0.15, 0.2) is 11.5 Å². The second-order valence-corrected chi connectivity index (χ2v) is 8.52. The second-order valence-electron chi connectivity index (χ2n) is 6.11. The lowest BCUT2D eigenvalue weighted by atomic mass is 9.95. The number of hydrogen-bond donors (Lipinski definition) is 1. The summed E-state index contributed by atoms with van der Waals surface area (Å²) in [5, 5.41) is 11.7. The molecule has 0 aliphatic heterocycles. The fourth-order valence-electron chi connectivity index (χ4n) is 2.88. The van der Waals surface area contributed by atoms with Crippen LogP contribution in [0.5, 0.6) is 0 Å². The average Bonchev–Trinajstić information content (AvgIpc) is 3.18. The van der Waals surface area contributed by atoms with E-state index in [1.165, 1.54) is 28.0 Å². The third kappa shape index (κ3) is 3.93. The molecule has 3 rings (SSSR count). The lowest BCUT2D eigenvalue weighted by Gasteiger charge is -2.13. The molecule has 2 heterocycles. The molecule has 0 radical (unpaired) electrons. The minimum absolute atomic E-state index is 0.165. The summed E-state index contributed by atoms with van der Waals surface area (Å²) >= 11 is 2.83. The first-order valence-electron chi connectivity index (χ1n) is 8.64. The molecule has 1 aliphatic carbocycles. The van der Waals surface area contributed by atoms with E-state index in [0.29, 0.717) is 22.3 Å². The zero-order valence-electron chi connectivity index (χ0n) is 15.1. The summed E-state index contributed by atoms with van der Waals surface area (Å²) in [6.45, 7) is 3.91. The highest BCUT2D eigenvalue weighted by Crippen LogP contribution is 2.39. The van der Waals surface area contributed by atoms with Gasteiger partial charge in [0.25, 0.3) is 0 Å². The third-order valence-electron chi connectivity index (χ3n) is 4.21. The molecule has 0 aromatic carbocycles. The Labute approximate surface area is 160 Å². The minimum atomic E-state index is -0.368. The van der Waals surface area contributed by atoms with Gasteiger partial charge in [-0.1, -0.05) is 11.8 Å². The SMILES string of the molecule is CCOC(=O)c1c(NC(=O)[C@@H](C)Sc2nncn2C)sc2c1CCCC2. The van der Waals surface area contributed by atoms with Crippen molar-refractivity contribution in [1.29, 1.82) is 0 Å². The van der Waals surface area contributed by atoms with Crippen molar-refractivity contribution in [3.63, 3.8) is 0 Å². The largest absolute Gasteiger partial charge is 0.462 e. The monoisotopic (exact) mass is 394 g/mol. The zero-order valence-corrected chi connectivity index (χ0v) is 16.7. The second kappa shape index (κ2) is 8.22. The number of carbonyl (C=O) groups excluding carboxylic acids is 2. The molecule has 1 atom stereocenters. The van der Waals surface area contributed by atoms with E-state index in [2.05, 4.69) is 15.5 Å². The molecule has 0 saturated carbocycles. The van der Waals surface area contributed by atoms with Gasteiger partial charge >= 0.3 is 5.97 Å². The average molecular weight is 395 g/mol. The molecular formula is C17H22N4O3S2. The number of thiophene rings is 1. The fraction of sp³-hybridized carbons (Fsp3) is 0.529. The molecular weight excluding hydrogens is 372 g/mol. The first kappa shape index (κ1) is 18.9. The number of esters is 1. The molecule has 1 N–H and O–H groups in total. The molecule has 0 bridgehead atoms. The number of amides is 1. The number of aryl methyl sites for hydroxylation is 2. The van der Waals surface area contributed by atoms with Gasteiger partial charge in [0.1, 0.15) is 11.3 Å². The van der Waals surface area contributed by atoms with Gasteiger partial charge < -0.3 is 14.6 Å². The Kier molecular flexibility index (Phi) is 5.98. The number of fused-ring (bicyclic) bond motifs is 1. The highest BCUT2D eigenvalue weighted by Gasteiger charge is 2.28. The van der Waals surface area contributed by atoms with Gasteiger partial charge in [-0.2, -0.15) is 0 Å². The Hall–Kier alpha value is -1.87. The van der Waals surface area contributed by atoms with Crippen molar-refractivity contribution in [3.05, 3.63) is 22.3 Å². The van der Waals surface area contributed by atoms with Crippen molar-refractivity contribution in [2.24, 2.45) is 7.05 Å². The van der Waals surface area contributed by atoms with Crippen LogP contribution < -0.4 is 5.32 Å². The fourth-order valence-corrected chi connectivity index (χ4v) is 4.95. The zero-order chi connectivity index (χ0) is 18.7. The van der Waals surface area contributed by atoms with Crippen molar-refractivity contribution in [3.8, 4) is 0 Å². The van der Waals surface area contributed by atoms with Crippen molar-refractivity contribution >= 4 is 40.0 Å². The Morgan fingerprint density at radius 3 is 2.88 bits per heavy atom. The lowest BCUT2D eigenvalue weighted by molar-refractivity contribution is -0.115. The van der Waals surface area contributed by atoms with Crippen molar-refractivity contribution in [2.45, 2.75) is 49.9 Å². The molecule has 0 fully saturated rings. The molecule has 0 unspecified atom stereocenters. The van der Waals surface area contributed by atoms with E-state index in [9.17, 15) is 9.59 Å². The van der Waals surface area contributed by atoms with Crippen LogP contribution in [0.2, 0.25) is 0 Å². The van der Waals surface area contributed by atoms with Crippen LogP contribution in [-0.2, 0) is 29.4 Å². The first-order chi connectivity index (χ1) is 12.5. The lowest BCUT2D eigenvalue weighted by Crippen LogP contribution is -2.23. The number of thioether (sulfide) groups is 1. The quantitative estimate of drug-likeness (QED) is 0.599. The van der Waals surface area contributed by atoms with Gasteiger partial charge in [-0.05, 0) is 45.1 Å². The molecule has 0 spiro atoms. The molecule has 26 heavy (non-hydrogen) atoms. The predicted molar refractivity (Wildman–Crippen MR) is 102 cm³/mol. The van der Waals surface area contributed by atoms with Crippen molar-refractivity contribution in [2.75, 3.05) is 11.9 Å². The number of carbonyl (C=O) groups is 2.